The molecule has 0 amide bonds. The first kappa shape index (κ1) is 25.9. The van der Waals surface area contributed by atoms with Gasteiger partial charge in [0.05, 0.1) is 19.3 Å². The third-order valence-corrected chi connectivity index (χ3v) is 4.01. The lowest BCUT2D eigenvalue weighted by molar-refractivity contribution is -0.0520. The number of guanidine groups is 1. The fourth-order valence-electron chi connectivity index (χ4n) is 2.78. The van der Waals surface area contributed by atoms with Crippen molar-refractivity contribution in [3.05, 3.63) is 41.7 Å². The van der Waals surface area contributed by atoms with Crippen LogP contribution in [0.4, 0.5) is 8.78 Å². The first-order chi connectivity index (χ1) is 14.0. The number of benzene rings is 1. The molecule has 0 unspecified atom stereocenters. The van der Waals surface area contributed by atoms with Crippen LogP contribution in [0.1, 0.15) is 31.4 Å². The molecule has 1 aromatic heterocycles. The van der Waals surface area contributed by atoms with Gasteiger partial charge in [0.1, 0.15) is 0 Å². The highest BCUT2D eigenvalue weighted by atomic mass is 127. The molecule has 2 N–H and O–H groups in total. The monoisotopic (exact) mass is 537 g/mol. The normalized spacial score (nSPS) is 11.2. The van der Waals surface area contributed by atoms with Crippen LogP contribution in [0.25, 0.3) is 0 Å². The average Bonchev–Trinajstić information content (AvgIpc) is 3.10. The number of para-hydroxylation sites is 1. The molecule has 0 aliphatic heterocycles. The summed E-state index contributed by atoms with van der Waals surface area (Å²) in [6, 6.07) is 5.05. The second-order valence-corrected chi connectivity index (χ2v) is 6.30. The predicted molar refractivity (Wildman–Crippen MR) is 124 cm³/mol. The van der Waals surface area contributed by atoms with Gasteiger partial charge in [-0.3, -0.25) is 4.68 Å². The first-order valence-electron chi connectivity index (χ1n) is 9.72. The van der Waals surface area contributed by atoms with Crippen molar-refractivity contribution in [3.8, 4) is 11.5 Å². The van der Waals surface area contributed by atoms with E-state index in [0.717, 1.165) is 19.4 Å². The van der Waals surface area contributed by atoms with Crippen LogP contribution < -0.4 is 20.1 Å². The molecule has 168 valence electrons. The third-order valence-electron chi connectivity index (χ3n) is 4.01. The fourth-order valence-corrected chi connectivity index (χ4v) is 2.78. The summed E-state index contributed by atoms with van der Waals surface area (Å²) in [6.45, 7) is 2.77. The summed E-state index contributed by atoms with van der Waals surface area (Å²) in [5, 5.41) is 10.6. The molecule has 0 spiro atoms. The molecule has 0 fully saturated rings. The Morgan fingerprint density at radius 3 is 2.70 bits per heavy atom. The molecule has 1 aromatic carbocycles. The van der Waals surface area contributed by atoms with Gasteiger partial charge in [0, 0.05) is 31.9 Å². The number of hydrogen-bond acceptors (Lipinski definition) is 4. The number of halogens is 3. The van der Waals surface area contributed by atoms with Gasteiger partial charge < -0.3 is 20.1 Å². The van der Waals surface area contributed by atoms with E-state index in [-0.39, 0.29) is 42.0 Å². The maximum Gasteiger partial charge on any atom is 0.387 e. The number of alkyl halides is 2. The van der Waals surface area contributed by atoms with E-state index in [4.69, 9.17) is 9.47 Å². The molecular formula is C20H30F2IN5O2. The van der Waals surface area contributed by atoms with E-state index in [1.54, 1.807) is 29.8 Å². The molecule has 30 heavy (non-hydrogen) atoms. The quantitative estimate of drug-likeness (QED) is 0.198. The van der Waals surface area contributed by atoms with Crippen molar-refractivity contribution in [1.29, 1.82) is 0 Å². The number of aromatic nitrogens is 2. The Kier molecular flexibility index (Phi) is 12.1. The fraction of sp³-hybridized carbons (Fsp3) is 0.500. The molecule has 2 rings (SSSR count). The van der Waals surface area contributed by atoms with Crippen LogP contribution in [0.5, 0.6) is 11.5 Å². The predicted octanol–water partition coefficient (Wildman–Crippen LogP) is 3.73. The maximum atomic E-state index is 12.8. The molecule has 0 saturated carbocycles. The summed E-state index contributed by atoms with van der Waals surface area (Å²) in [5.74, 6) is 0.930. The molecule has 0 aliphatic carbocycles. The molecule has 0 aliphatic rings. The van der Waals surface area contributed by atoms with Crippen molar-refractivity contribution in [3.63, 3.8) is 0 Å². The Bertz CT molecular complexity index is 786. The number of aliphatic imine (C=N–C) groups is 1. The van der Waals surface area contributed by atoms with Crippen LogP contribution in [0.15, 0.2) is 35.6 Å². The lowest BCUT2D eigenvalue weighted by Crippen LogP contribution is -2.37. The van der Waals surface area contributed by atoms with Crippen molar-refractivity contribution in [1.82, 2.24) is 20.4 Å². The molecule has 1 heterocycles. The van der Waals surface area contributed by atoms with Crippen LogP contribution in [0.2, 0.25) is 0 Å². The number of aryl methyl sites for hydroxylation is 2. The molecule has 0 saturated heterocycles. The molecule has 10 heteroatoms. The Morgan fingerprint density at radius 2 is 2.07 bits per heavy atom. The van der Waals surface area contributed by atoms with Crippen LogP contribution in [-0.4, -0.2) is 42.0 Å². The summed E-state index contributed by atoms with van der Waals surface area (Å²) in [7, 11) is 1.89. The van der Waals surface area contributed by atoms with Crippen molar-refractivity contribution < 1.29 is 18.3 Å². The standard InChI is InChI=1S/C20H29F2N5O2.HI/c1-4-23-20(24-11-7-8-15-12-26-27(3)14-15)25-13-16-9-6-10-17(28-5-2)18(16)29-19(21)22;/h6,9-10,12,14,19H,4-5,7-8,11,13H2,1-3H3,(H2,23,24,25);1H. The zero-order valence-corrected chi connectivity index (χ0v) is 19.9. The van der Waals surface area contributed by atoms with Gasteiger partial charge in [-0.25, -0.2) is 4.99 Å². The van der Waals surface area contributed by atoms with Gasteiger partial charge in [0.2, 0.25) is 0 Å². The van der Waals surface area contributed by atoms with Gasteiger partial charge in [0.15, 0.2) is 17.5 Å². The topological polar surface area (TPSA) is 72.7 Å². The van der Waals surface area contributed by atoms with Crippen LogP contribution in [-0.2, 0) is 20.0 Å². The van der Waals surface area contributed by atoms with E-state index in [2.05, 4.69) is 20.7 Å². The SMILES string of the molecule is CCNC(=NCc1cccc(OCC)c1OC(F)F)NCCCc1cnn(C)c1.I. The van der Waals surface area contributed by atoms with Crippen LogP contribution in [0.3, 0.4) is 0 Å². The zero-order valence-electron chi connectivity index (χ0n) is 17.5. The minimum Gasteiger partial charge on any atom is -0.490 e. The molecular weight excluding hydrogens is 507 g/mol. The minimum atomic E-state index is -2.93. The Hall–Kier alpha value is -2.11. The van der Waals surface area contributed by atoms with E-state index in [0.29, 0.717) is 24.7 Å². The Morgan fingerprint density at radius 1 is 1.27 bits per heavy atom. The van der Waals surface area contributed by atoms with Gasteiger partial charge in [-0.15, -0.1) is 24.0 Å². The average molecular weight is 537 g/mol. The van der Waals surface area contributed by atoms with Gasteiger partial charge in [-0.2, -0.15) is 13.9 Å². The highest BCUT2D eigenvalue weighted by molar-refractivity contribution is 14.0. The van der Waals surface area contributed by atoms with Crippen molar-refractivity contribution in [2.45, 2.75) is 39.8 Å². The number of nitrogens with zero attached hydrogens (tertiary/aromatic N) is 3. The molecule has 7 nitrogen and oxygen atoms in total. The molecule has 0 atom stereocenters. The second-order valence-electron chi connectivity index (χ2n) is 6.30. The second kappa shape index (κ2) is 14.0. The van der Waals surface area contributed by atoms with E-state index in [1.165, 1.54) is 5.56 Å². The minimum absolute atomic E-state index is 0. The van der Waals surface area contributed by atoms with E-state index in [1.807, 2.05) is 26.4 Å². The zero-order chi connectivity index (χ0) is 21.1. The van der Waals surface area contributed by atoms with Gasteiger partial charge in [-0.05, 0) is 38.3 Å². The first-order valence-corrected chi connectivity index (χ1v) is 9.72. The summed E-state index contributed by atoms with van der Waals surface area (Å²) in [6.07, 6.45) is 5.67. The number of nitrogens with one attached hydrogen (secondary N) is 2. The highest BCUT2D eigenvalue weighted by Crippen LogP contribution is 2.33. The molecule has 0 bridgehead atoms. The van der Waals surface area contributed by atoms with Crippen molar-refractivity contribution in [2.75, 3.05) is 19.7 Å². The Labute approximate surface area is 193 Å². The van der Waals surface area contributed by atoms with Gasteiger partial charge >= 0.3 is 6.61 Å². The maximum absolute atomic E-state index is 12.8. The summed E-state index contributed by atoms with van der Waals surface area (Å²) < 4.78 is 37.6. The number of ether oxygens (including phenoxy) is 2. The lowest BCUT2D eigenvalue weighted by Gasteiger charge is -2.15. The molecule has 2 aromatic rings. The largest absolute Gasteiger partial charge is 0.490 e. The number of hydrogen-bond donors (Lipinski definition) is 2. The van der Waals surface area contributed by atoms with E-state index in [9.17, 15) is 8.78 Å². The van der Waals surface area contributed by atoms with E-state index < -0.39 is 6.61 Å². The summed E-state index contributed by atoms with van der Waals surface area (Å²) >= 11 is 0. The van der Waals surface area contributed by atoms with E-state index >= 15 is 0 Å². The van der Waals surface area contributed by atoms with Crippen LogP contribution in [0, 0.1) is 0 Å². The smallest absolute Gasteiger partial charge is 0.387 e. The lowest BCUT2D eigenvalue weighted by atomic mass is 10.2. The highest BCUT2D eigenvalue weighted by Gasteiger charge is 2.15. The van der Waals surface area contributed by atoms with Crippen LogP contribution >= 0.6 is 24.0 Å². The Balaban J connectivity index is 0.00000450. The summed E-state index contributed by atoms with van der Waals surface area (Å²) in [4.78, 5) is 4.50. The van der Waals surface area contributed by atoms with Crippen molar-refractivity contribution >= 4 is 29.9 Å². The number of rotatable bonds is 11. The van der Waals surface area contributed by atoms with Crippen molar-refractivity contribution in [2.24, 2.45) is 12.0 Å². The van der Waals surface area contributed by atoms with Gasteiger partial charge in [-0.1, -0.05) is 12.1 Å². The summed E-state index contributed by atoms with van der Waals surface area (Å²) in [5.41, 5.74) is 1.71. The third kappa shape index (κ3) is 8.72. The molecule has 0 radical (unpaired) electrons. The van der Waals surface area contributed by atoms with Gasteiger partial charge in [0.25, 0.3) is 0 Å².